The predicted octanol–water partition coefficient (Wildman–Crippen LogP) is 4.96. The lowest BCUT2D eigenvalue weighted by Crippen LogP contribution is -2.34. The van der Waals surface area contributed by atoms with Gasteiger partial charge in [0.1, 0.15) is 18.9 Å². The molecule has 4 N–H and O–H groups in total. The zero-order valence-corrected chi connectivity index (χ0v) is 26.9. The van der Waals surface area contributed by atoms with Crippen LogP contribution in [0.2, 0.25) is 0 Å². The van der Waals surface area contributed by atoms with Crippen molar-refractivity contribution >= 4 is 37.8 Å². The molecule has 254 valence electrons. The Morgan fingerprint density at radius 1 is 0.750 bits per heavy atom. The van der Waals surface area contributed by atoms with E-state index in [2.05, 4.69) is 11.4 Å². The lowest BCUT2D eigenvalue weighted by molar-refractivity contribution is -0.161. The summed E-state index contributed by atoms with van der Waals surface area (Å²) in [7, 11) is -4.78. The van der Waals surface area contributed by atoms with Gasteiger partial charge in [0.25, 0.3) is 0 Å². The van der Waals surface area contributed by atoms with Crippen LogP contribution in [0.1, 0.15) is 116 Å². The van der Waals surface area contributed by atoms with Gasteiger partial charge in [0.15, 0.2) is 11.9 Å². The number of nitrogens with two attached hydrogens (primary N) is 1. The van der Waals surface area contributed by atoms with Crippen molar-refractivity contribution in [3.63, 3.8) is 0 Å². The van der Waals surface area contributed by atoms with Gasteiger partial charge < -0.3 is 25.2 Å². The van der Waals surface area contributed by atoms with Crippen LogP contribution in [0.5, 0.6) is 0 Å². The SMILES string of the molecule is CCCCCCCCCCCCCCCC(=O)OC[C@H](COP(=O)(O)OC[C@H](N)C(=O)O)OC(=O)CCCC(=O)/C=C/C=O. The van der Waals surface area contributed by atoms with E-state index in [0.717, 1.165) is 31.4 Å². The topological polar surface area (TPSA) is 206 Å². The van der Waals surface area contributed by atoms with Crippen molar-refractivity contribution in [1.82, 2.24) is 0 Å². The van der Waals surface area contributed by atoms with Crippen LogP contribution in [0.15, 0.2) is 12.2 Å². The first kappa shape index (κ1) is 41.6. The largest absolute Gasteiger partial charge is 0.480 e. The lowest BCUT2D eigenvalue weighted by atomic mass is 10.0. The van der Waals surface area contributed by atoms with Crippen LogP contribution in [0.25, 0.3) is 0 Å². The predicted molar refractivity (Wildman–Crippen MR) is 163 cm³/mol. The first-order valence-electron chi connectivity index (χ1n) is 15.6. The molecule has 44 heavy (non-hydrogen) atoms. The fraction of sp³-hybridized carbons (Fsp3) is 0.767. The maximum Gasteiger partial charge on any atom is 0.472 e. The number of aliphatic carboxylic acids is 1. The van der Waals surface area contributed by atoms with Crippen LogP contribution in [-0.4, -0.2) is 71.9 Å². The quantitative estimate of drug-likeness (QED) is 0.0310. The summed E-state index contributed by atoms with van der Waals surface area (Å²) in [6.45, 7) is 0.246. The number of unbranched alkanes of at least 4 members (excludes halogenated alkanes) is 12. The number of phosphoric acid groups is 1. The van der Waals surface area contributed by atoms with Gasteiger partial charge in [-0.2, -0.15) is 0 Å². The van der Waals surface area contributed by atoms with Crippen molar-refractivity contribution in [2.24, 2.45) is 5.73 Å². The third-order valence-electron chi connectivity index (χ3n) is 6.54. The van der Waals surface area contributed by atoms with E-state index in [1.807, 2.05) is 0 Å². The number of rotatable bonds is 30. The molecule has 0 aromatic carbocycles. The molecule has 0 aliphatic rings. The molecule has 0 rings (SSSR count). The van der Waals surface area contributed by atoms with Gasteiger partial charge >= 0.3 is 25.7 Å². The monoisotopic (exact) mass is 649 g/mol. The van der Waals surface area contributed by atoms with E-state index < -0.39 is 57.7 Å². The number of aldehydes is 1. The highest BCUT2D eigenvalue weighted by Gasteiger charge is 2.28. The number of hydrogen-bond acceptors (Lipinski definition) is 11. The summed E-state index contributed by atoms with van der Waals surface area (Å²) >= 11 is 0. The number of hydrogen-bond donors (Lipinski definition) is 3. The first-order valence-corrected chi connectivity index (χ1v) is 17.1. The normalized spacial score (nSPS) is 14.1. The average Bonchev–Trinajstić information content (AvgIpc) is 2.98. The zero-order valence-electron chi connectivity index (χ0n) is 26.0. The van der Waals surface area contributed by atoms with Gasteiger partial charge in [0.2, 0.25) is 0 Å². The fourth-order valence-electron chi connectivity index (χ4n) is 4.00. The van der Waals surface area contributed by atoms with Gasteiger partial charge in [-0.25, -0.2) is 4.57 Å². The van der Waals surface area contributed by atoms with E-state index in [1.54, 1.807) is 0 Å². The van der Waals surface area contributed by atoms with E-state index in [-0.39, 0.29) is 31.5 Å². The summed E-state index contributed by atoms with van der Waals surface area (Å²) < 4.78 is 31.9. The van der Waals surface area contributed by atoms with Crippen molar-refractivity contribution in [2.75, 3.05) is 19.8 Å². The summed E-state index contributed by atoms with van der Waals surface area (Å²) in [6.07, 6.45) is 16.5. The van der Waals surface area contributed by atoms with E-state index in [4.69, 9.17) is 24.8 Å². The van der Waals surface area contributed by atoms with Crippen molar-refractivity contribution in [3.05, 3.63) is 12.2 Å². The van der Waals surface area contributed by atoms with Crippen molar-refractivity contribution in [3.8, 4) is 0 Å². The minimum absolute atomic E-state index is 0.0156. The smallest absolute Gasteiger partial charge is 0.472 e. The molecule has 1 unspecified atom stereocenters. The standard InChI is InChI=1S/C30H52NO12P/c1-2-3-4-5-6-7-8-9-10-11-12-13-14-19-28(34)40-22-26(23-41-44(38,39)42-24-27(31)30(36)37)43-29(35)20-15-17-25(33)18-16-21-32/h16,18,21,26-27H,2-15,17,19-20,22-24,31H2,1H3,(H,36,37)(H,38,39)/b18-16+/t26-,27+/m1/s1. The summed E-state index contributed by atoms with van der Waals surface area (Å²) in [5.41, 5.74) is 5.24. The molecule has 0 aliphatic heterocycles. The molecule has 0 saturated heterocycles. The van der Waals surface area contributed by atoms with E-state index >= 15 is 0 Å². The minimum atomic E-state index is -4.78. The molecular formula is C30H52NO12P. The molecule has 13 nitrogen and oxygen atoms in total. The minimum Gasteiger partial charge on any atom is -0.480 e. The van der Waals surface area contributed by atoms with E-state index in [9.17, 15) is 33.4 Å². The summed E-state index contributed by atoms with van der Waals surface area (Å²) in [5, 5.41) is 8.77. The van der Waals surface area contributed by atoms with Crippen LogP contribution >= 0.6 is 7.82 Å². The van der Waals surface area contributed by atoms with Gasteiger partial charge in [0, 0.05) is 19.3 Å². The number of carbonyl (C=O) groups is 5. The third kappa shape index (κ3) is 26.0. The number of carboxylic acids is 1. The Morgan fingerprint density at radius 2 is 1.27 bits per heavy atom. The van der Waals surface area contributed by atoms with Crippen LogP contribution in [0.3, 0.4) is 0 Å². The Labute approximate surface area is 260 Å². The molecule has 0 heterocycles. The van der Waals surface area contributed by atoms with Crippen LogP contribution in [-0.2, 0) is 47.1 Å². The van der Waals surface area contributed by atoms with Crippen LogP contribution in [0, 0.1) is 0 Å². The number of phosphoric ester groups is 1. The summed E-state index contributed by atoms with van der Waals surface area (Å²) in [4.78, 5) is 67.0. The molecule has 0 saturated carbocycles. The molecule has 0 spiro atoms. The molecule has 0 radical (unpaired) electrons. The van der Waals surface area contributed by atoms with Crippen molar-refractivity contribution < 1.29 is 57.1 Å². The fourth-order valence-corrected chi connectivity index (χ4v) is 4.78. The second kappa shape index (κ2) is 26.9. The van der Waals surface area contributed by atoms with Gasteiger partial charge in [-0.05, 0) is 25.0 Å². The number of allylic oxidation sites excluding steroid dienone is 2. The second-order valence-corrected chi connectivity index (χ2v) is 12.1. The Hall–Kier alpha value is -2.44. The molecule has 0 aliphatic carbocycles. The molecule has 0 amide bonds. The van der Waals surface area contributed by atoms with E-state index in [0.29, 0.717) is 12.7 Å². The number of carboxylic acid groups (broad SMARTS) is 1. The number of esters is 2. The number of carbonyl (C=O) groups excluding carboxylic acids is 4. The molecular weight excluding hydrogens is 597 g/mol. The molecule has 0 fully saturated rings. The molecule has 0 aromatic rings. The van der Waals surface area contributed by atoms with Crippen LogP contribution < -0.4 is 5.73 Å². The third-order valence-corrected chi connectivity index (χ3v) is 7.49. The Bertz CT molecular complexity index is 910. The average molecular weight is 650 g/mol. The highest BCUT2D eigenvalue weighted by molar-refractivity contribution is 7.47. The Kier molecular flexibility index (Phi) is 25.4. The van der Waals surface area contributed by atoms with Crippen molar-refractivity contribution in [1.29, 1.82) is 0 Å². The second-order valence-electron chi connectivity index (χ2n) is 10.6. The number of ether oxygens (including phenoxy) is 2. The Morgan fingerprint density at radius 3 is 1.82 bits per heavy atom. The maximum absolute atomic E-state index is 12.3. The molecule has 0 bridgehead atoms. The molecule has 14 heteroatoms. The lowest BCUT2D eigenvalue weighted by Gasteiger charge is -2.20. The van der Waals surface area contributed by atoms with Gasteiger partial charge in [0.05, 0.1) is 13.2 Å². The highest BCUT2D eigenvalue weighted by atomic mass is 31.2. The van der Waals surface area contributed by atoms with Crippen molar-refractivity contribution in [2.45, 2.75) is 128 Å². The molecule has 0 aromatic heterocycles. The summed E-state index contributed by atoms with van der Waals surface area (Å²) in [6, 6.07) is -1.57. The summed E-state index contributed by atoms with van der Waals surface area (Å²) in [5.74, 6) is -3.12. The van der Waals surface area contributed by atoms with Gasteiger partial charge in [-0.3, -0.25) is 33.0 Å². The highest BCUT2D eigenvalue weighted by Crippen LogP contribution is 2.43. The first-order chi connectivity index (χ1) is 21.0. The number of ketones is 1. The zero-order chi connectivity index (χ0) is 33.1. The van der Waals surface area contributed by atoms with E-state index in [1.165, 1.54) is 57.8 Å². The van der Waals surface area contributed by atoms with Crippen LogP contribution in [0.4, 0.5) is 0 Å². The maximum atomic E-state index is 12.3. The van der Waals surface area contributed by atoms with Gasteiger partial charge in [-0.15, -0.1) is 0 Å². The Balaban J connectivity index is 4.51. The molecule has 3 atom stereocenters. The van der Waals surface area contributed by atoms with Gasteiger partial charge in [-0.1, -0.05) is 84.0 Å².